The summed E-state index contributed by atoms with van der Waals surface area (Å²) in [4.78, 5) is 15.5. The maximum atomic E-state index is 11.8. The fraction of sp³-hybridized carbons (Fsp3) is 0. The van der Waals surface area contributed by atoms with Crippen LogP contribution < -0.4 is 16.2 Å². The van der Waals surface area contributed by atoms with Crippen LogP contribution in [0.15, 0.2) is 46.1 Å². The van der Waals surface area contributed by atoms with Crippen molar-refractivity contribution in [2.24, 2.45) is 16.5 Å². The number of para-hydroxylation sites is 1. The van der Waals surface area contributed by atoms with Gasteiger partial charge in [-0.25, -0.2) is 9.79 Å². The second-order valence-electron chi connectivity index (χ2n) is 3.29. The Morgan fingerprint density at radius 1 is 1.28 bits per heavy atom. The minimum atomic E-state index is -0.699. The Labute approximate surface area is 102 Å². The molecule has 0 aliphatic carbocycles. The van der Waals surface area contributed by atoms with Crippen molar-refractivity contribution in [2.75, 3.05) is 0 Å². The molecule has 0 bridgehead atoms. The molecule has 0 spiro atoms. The Morgan fingerprint density at radius 3 is 2.67 bits per heavy atom. The molecule has 0 atom stereocenters. The zero-order chi connectivity index (χ0) is 13.0. The number of hydrogen-bond acceptors (Lipinski definition) is 5. The Bertz CT molecular complexity index is 573. The van der Waals surface area contributed by atoms with Crippen molar-refractivity contribution in [3.8, 4) is 5.75 Å². The van der Waals surface area contributed by atoms with Crippen LogP contribution in [0.1, 0.15) is 10.5 Å². The third-order valence-electron chi connectivity index (χ3n) is 1.95. The normalized spacial score (nSPS) is 9.78. The van der Waals surface area contributed by atoms with E-state index in [4.69, 9.17) is 16.2 Å². The van der Waals surface area contributed by atoms with Crippen molar-refractivity contribution in [3.63, 3.8) is 0 Å². The molecule has 0 fully saturated rings. The van der Waals surface area contributed by atoms with Gasteiger partial charge in [0, 0.05) is 0 Å². The van der Waals surface area contributed by atoms with Crippen LogP contribution in [-0.4, -0.2) is 17.1 Å². The third kappa shape index (κ3) is 2.64. The molecule has 0 saturated carbocycles. The highest BCUT2D eigenvalue weighted by Crippen LogP contribution is 2.19. The van der Waals surface area contributed by atoms with Crippen LogP contribution in [0, 0.1) is 0 Å². The molecule has 18 heavy (non-hydrogen) atoms. The Hall–Kier alpha value is -2.83. The van der Waals surface area contributed by atoms with Crippen molar-refractivity contribution in [3.05, 3.63) is 42.3 Å². The SMILES string of the molecule is NC(N)=Nc1conc1C(=O)Oc1ccccc1. The summed E-state index contributed by atoms with van der Waals surface area (Å²) < 4.78 is 9.71. The maximum absolute atomic E-state index is 11.8. The molecule has 0 saturated heterocycles. The van der Waals surface area contributed by atoms with Gasteiger partial charge in [-0.2, -0.15) is 0 Å². The van der Waals surface area contributed by atoms with E-state index in [1.54, 1.807) is 30.3 Å². The van der Waals surface area contributed by atoms with Gasteiger partial charge in [0.2, 0.25) is 5.69 Å². The topological polar surface area (TPSA) is 117 Å². The van der Waals surface area contributed by atoms with E-state index in [2.05, 4.69) is 14.7 Å². The summed E-state index contributed by atoms with van der Waals surface area (Å²) in [6.07, 6.45) is 1.15. The lowest BCUT2D eigenvalue weighted by atomic mass is 10.3. The zero-order valence-corrected chi connectivity index (χ0v) is 9.24. The summed E-state index contributed by atoms with van der Waals surface area (Å²) in [7, 11) is 0. The van der Waals surface area contributed by atoms with E-state index in [0.717, 1.165) is 6.26 Å². The quantitative estimate of drug-likeness (QED) is 0.358. The van der Waals surface area contributed by atoms with Gasteiger partial charge in [-0.3, -0.25) is 0 Å². The van der Waals surface area contributed by atoms with E-state index in [1.165, 1.54) is 0 Å². The van der Waals surface area contributed by atoms with Crippen LogP contribution >= 0.6 is 0 Å². The number of nitrogens with two attached hydrogens (primary N) is 2. The smallest absolute Gasteiger partial charge is 0.368 e. The van der Waals surface area contributed by atoms with Gasteiger partial charge in [-0.15, -0.1) is 0 Å². The van der Waals surface area contributed by atoms with Crippen molar-refractivity contribution < 1.29 is 14.1 Å². The Kier molecular flexibility index (Phi) is 3.24. The highest BCUT2D eigenvalue weighted by Gasteiger charge is 2.18. The fourth-order valence-electron chi connectivity index (χ4n) is 1.24. The molecule has 92 valence electrons. The molecule has 1 aromatic carbocycles. The van der Waals surface area contributed by atoms with E-state index in [1.807, 2.05) is 0 Å². The number of carbonyl (C=O) groups excluding carboxylic acids is 1. The van der Waals surface area contributed by atoms with Gasteiger partial charge in [0.15, 0.2) is 12.2 Å². The molecule has 7 nitrogen and oxygen atoms in total. The number of guanidine groups is 1. The molecule has 2 aromatic rings. The summed E-state index contributed by atoms with van der Waals surface area (Å²) >= 11 is 0. The molecule has 7 heteroatoms. The summed E-state index contributed by atoms with van der Waals surface area (Å²) in [6, 6.07) is 8.55. The maximum Gasteiger partial charge on any atom is 0.368 e. The second-order valence-corrected chi connectivity index (χ2v) is 3.29. The average Bonchev–Trinajstić information content (AvgIpc) is 2.77. The molecular formula is C11H10N4O3. The number of carbonyl (C=O) groups is 1. The van der Waals surface area contributed by atoms with Gasteiger partial charge >= 0.3 is 5.97 Å². The summed E-state index contributed by atoms with van der Waals surface area (Å²) in [5.74, 6) is -0.511. The molecule has 0 aliphatic rings. The second kappa shape index (κ2) is 5.00. The third-order valence-corrected chi connectivity index (χ3v) is 1.95. The van der Waals surface area contributed by atoms with Gasteiger partial charge in [-0.05, 0) is 12.1 Å². The first-order valence-electron chi connectivity index (χ1n) is 4.98. The molecule has 0 amide bonds. The number of benzene rings is 1. The highest BCUT2D eigenvalue weighted by molar-refractivity contribution is 5.95. The number of aliphatic imine (C=N–C) groups is 1. The highest BCUT2D eigenvalue weighted by atomic mass is 16.5. The standard InChI is InChI=1S/C11H10N4O3/c12-11(13)14-8-6-17-15-9(8)10(16)18-7-4-2-1-3-5-7/h1-6H,(H4,12,13,14). The fourth-order valence-corrected chi connectivity index (χ4v) is 1.24. The summed E-state index contributed by atoms with van der Waals surface area (Å²) in [5, 5.41) is 3.50. The molecule has 1 aromatic heterocycles. The summed E-state index contributed by atoms with van der Waals surface area (Å²) in [5.41, 5.74) is 10.5. The number of ether oxygens (including phenoxy) is 1. The number of rotatable bonds is 3. The predicted molar refractivity (Wildman–Crippen MR) is 63.4 cm³/mol. The minimum Gasteiger partial charge on any atom is -0.422 e. The first-order chi connectivity index (χ1) is 8.66. The first kappa shape index (κ1) is 11.6. The molecule has 0 unspecified atom stereocenters. The Morgan fingerprint density at radius 2 is 2.00 bits per heavy atom. The van der Waals surface area contributed by atoms with Gasteiger partial charge in [0.1, 0.15) is 11.4 Å². The zero-order valence-electron chi connectivity index (χ0n) is 9.24. The number of aromatic nitrogens is 1. The van der Waals surface area contributed by atoms with E-state index >= 15 is 0 Å². The van der Waals surface area contributed by atoms with Crippen LogP contribution in [0.2, 0.25) is 0 Å². The van der Waals surface area contributed by atoms with E-state index in [0.29, 0.717) is 5.75 Å². The van der Waals surface area contributed by atoms with Crippen LogP contribution in [0.4, 0.5) is 5.69 Å². The summed E-state index contributed by atoms with van der Waals surface area (Å²) in [6.45, 7) is 0. The molecule has 4 N–H and O–H groups in total. The van der Waals surface area contributed by atoms with Gasteiger partial charge < -0.3 is 20.7 Å². The van der Waals surface area contributed by atoms with E-state index in [9.17, 15) is 4.79 Å². The van der Waals surface area contributed by atoms with Gasteiger partial charge in [0.25, 0.3) is 0 Å². The predicted octanol–water partition coefficient (Wildman–Crippen LogP) is 0.799. The van der Waals surface area contributed by atoms with Crippen LogP contribution in [-0.2, 0) is 0 Å². The van der Waals surface area contributed by atoms with E-state index < -0.39 is 5.97 Å². The largest absolute Gasteiger partial charge is 0.422 e. The van der Waals surface area contributed by atoms with Crippen molar-refractivity contribution in [1.82, 2.24) is 5.16 Å². The Balaban J connectivity index is 2.20. The molecule has 2 rings (SSSR count). The van der Waals surface area contributed by atoms with Gasteiger partial charge in [0.05, 0.1) is 0 Å². The lowest BCUT2D eigenvalue weighted by Crippen LogP contribution is -2.22. The monoisotopic (exact) mass is 246 g/mol. The average molecular weight is 246 g/mol. The molecule has 0 aliphatic heterocycles. The minimum absolute atomic E-state index is 0.0905. The van der Waals surface area contributed by atoms with Crippen LogP contribution in [0.25, 0.3) is 0 Å². The number of hydrogen-bond donors (Lipinski definition) is 2. The van der Waals surface area contributed by atoms with E-state index in [-0.39, 0.29) is 17.3 Å². The molecule has 1 heterocycles. The lowest BCUT2D eigenvalue weighted by Gasteiger charge is -2.01. The first-order valence-corrected chi connectivity index (χ1v) is 4.98. The van der Waals surface area contributed by atoms with Gasteiger partial charge in [-0.1, -0.05) is 23.4 Å². The van der Waals surface area contributed by atoms with Crippen molar-refractivity contribution in [1.29, 1.82) is 0 Å². The lowest BCUT2D eigenvalue weighted by molar-refractivity contribution is 0.0725. The van der Waals surface area contributed by atoms with Crippen LogP contribution in [0.5, 0.6) is 5.75 Å². The van der Waals surface area contributed by atoms with Crippen molar-refractivity contribution in [2.45, 2.75) is 0 Å². The number of nitrogens with zero attached hydrogens (tertiary/aromatic N) is 2. The number of esters is 1. The molecule has 0 radical (unpaired) electrons. The van der Waals surface area contributed by atoms with Crippen LogP contribution in [0.3, 0.4) is 0 Å². The van der Waals surface area contributed by atoms with Crippen molar-refractivity contribution >= 4 is 17.6 Å². The molecular weight excluding hydrogens is 236 g/mol.